The average Bonchev–Trinajstić information content (AvgIpc) is 3.04. The second-order valence-electron chi connectivity index (χ2n) is 4.65. The second-order valence-corrected chi connectivity index (χ2v) is 4.65. The minimum Gasteiger partial charge on any atom is -0.481 e. The molecule has 6 heteroatoms. The van der Waals surface area contributed by atoms with Crippen LogP contribution in [0.5, 0.6) is 0 Å². The number of carbonyl (C=O) groups excluding carboxylic acids is 1. The zero-order chi connectivity index (χ0) is 14.0. The van der Waals surface area contributed by atoms with Gasteiger partial charge in [-0.3, -0.25) is 9.59 Å². The standard InChI is InChI=1S/C13H18N2O4/c1-3-15-6-4-5-10(15)12(16)14(2)11-8-19-7-9(11)13(17)18/h4-6,9,11H,3,7-8H2,1-2H3,(H,17,18). The van der Waals surface area contributed by atoms with Gasteiger partial charge in [0.15, 0.2) is 0 Å². The first-order chi connectivity index (χ1) is 9.06. The summed E-state index contributed by atoms with van der Waals surface area (Å²) in [4.78, 5) is 25.0. The van der Waals surface area contributed by atoms with E-state index in [1.165, 1.54) is 4.90 Å². The van der Waals surface area contributed by atoms with Gasteiger partial charge in [0.05, 0.1) is 19.3 Å². The van der Waals surface area contributed by atoms with E-state index in [1.807, 2.05) is 23.8 Å². The molecule has 1 N–H and O–H groups in total. The zero-order valence-corrected chi connectivity index (χ0v) is 11.1. The van der Waals surface area contributed by atoms with Gasteiger partial charge in [0.1, 0.15) is 11.6 Å². The van der Waals surface area contributed by atoms with Crippen LogP contribution in [0.3, 0.4) is 0 Å². The quantitative estimate of drug-likeness (QED) is 0.870. The summed E-state index contributed by atoms with van der Waals surface area (Å²) in [6.07, 6.45) is 1.83. The number of hydrogen-bond acceptors (Lipinski definition) is 3. The summed E-state index contributed by atoms with van der Waals surface area (Å²) < 4.78 is 7.03. The first-order valence-corrected chi connectivity index (χ1v) is 6.29. The Labute approximate surface area is 111 Å². The number of rotatable bonds is 4. The molecule has 1 aliphatic rings. The first kappa shape index (κ1) is 13.6. The van der Waals surface area contributed by atoms with Crippen LogP contribution in [-0.2, 0) is 16.1 Å². The van der Waals surface area contributed by atoms with E-state index in [9.17, 15) is 9.59 Å². The average molecular weight is 266 g/mol. The number of aromatic nitrogens is 1. The van der Waals surface area contributed by atoms with Crippen molar-refractivity contribution in [2.24, 2.45) is 5.92 Å². The van der Waals surface area contributed by atoms with Crippen LogP contribution >= 0.6 is 0 Å². The molecule has 0 radical (unpaired) electrons. The maximum atomic E-state index is 12.4. The van der Waals surface area contributed by atoms with Crippen LogP contribution in [0.4, 0.5) is 0 Å². The van der Waals surface area contributed by atoms with Gasteiger partial charge in [-0.2, -0.15) is 0 Å². The summed E-state index contributed by atoms with van der Waals surface area (Å²) >= 11 is 0. The fourth-order valence-corrected chi connectivity index (χ4v) is 2.38. The Morgan fingerprint density at radius 2 is 2.26 bits per heavy atom. The number of carbonyl (C=O) groups is 2. The van der Waals surface area contributed by atoms with Crippen molar-refractivity contribution in [3.63, 3.8) is 0 Å². The van der Waals surface area contributed by atoms with Crippen LogP contribution in [0, 0.1) is 5.92 Å². The first-order valence-electron chi connectivity index (χ1n) is 6.29. The van der Waals surface area contributed by atoms with Crippen LogP contribution in [0.25, 0.3) is 0 Å². The number of amides is 1. The molecule has 0 aromatic carbocycles. The fourth-order valence-electron chi connectivity index (χ4n) is 2.38. The minimum atomic E-state index is -0.923. The molecule has 0 aliphatic carbocycles. The molecule has 1 aliphatic heterocycles. The van der Waals surface area contributed by atoms with Gasteiger partial charge in [-0.05, 0) is 19.1 Å². The van der Waals surface area contributed by atoms with E-state index >= 15 is 0 Å². The van der Waals surface area contributed by atoms with Gasteiger partial charge in [0.25, 0.3) is 5.91 Å². The molecule has 6 nitrogen and oxygen atoms in total. The number of carboxylic acid groups (broad SMARTS) is 1. The third kappa shape index (κ3) is 2.49. The van der Waals surface area contributed by atoms with Crippen molar-refractivity contribution >= 4 is 11.9 Å². The maximum Gasteiger partial charge on any atom is 0.311 e. The highest BCUT2D eigenvalue weighted by Crippen LogP contribution is 2.21. The third-order valence-electron chi connectivity index (χ3n) is 3.57. The fraction of sp³-hybridized carbons (Fsp3) is 0.538. The van der Waals surface area contributed by atoms with Gasteiger partial charge in [0, 0.05) is 19.8 Å². The van der Waals surface area contributed by atoms with Gasteiger partial charge >= 0.3 is 5.97 Å². The number of likely N-dealkylation sites (N-methyl/N-ethyl adjacent to an activating group) is 1. The largest absolute Gasteiger partial charge is 0.481 e. The molecule has 19 heavy (non-hydrogen) atoms. The Balaban J connectivity index is 2.17. The van der Waals surface area contributed by atoms with Crippen molar-refractivity contribution in [2.75, 3.05) is 20.3 Å². The van der Waals surface area contributed by atoms with Crippen LogP contribution < -0.4 is 0 Å². The summed E-state index contributed by atoms with van der Waals surface area (Å²) in [6, 6.07) is 3.14. The topological polar surface area (TPSA) is 71.8 Å². The highest BCUT2D eigenvalue weighted by atomic mass is 16.5. The van der Waals surface area contributed by atoms with Gasteiger partial charge < -0.3 is 19.3 Å². The monoisotopic (exact) mass is 266 g/mol. The highest BCUT2D eigenvalue weighted by molar-refractivity contribution is 5.93. The molecular weight excluding hydrogens is 248 g/mol. The summed E-state index contributed by atoms with van der Waals surface area (Å²) in [6.45, 7) is 3.08. The normalized spacial score (nSPS) is 22.4. The van der Waals surface area contributed by atoms with Crippen molar-refractivity contribution in [1.29, 1.82) is 0 Å². The van der Waals surface area contributed by atoms with E-state index in [4.69, 9.17) is 9.84 Å². The van der Waals surface area contributed by atoms with Gasteiger partial charge in [-0.1, -0.05) is 0 Å². The van der Waals surface area contributed by atoms with Gasteiger partial charge in [-0.15, -0.1) is 0 Å². The molecule has 2 heterocycles. The summed E-state index contributed by atoms with van der Waals surface area (Å²) in [5.41, 5.74) is 0.570. The maximum absolute atomic E-state index is 12.4. The van der Waals surface area contributed by atoms with Crippen molar-refractivity contribution in [2.45, 2.75) is 19.5 Å². The van der Waals surface area contributed by atoms with Crippen LogP contribution in [0.1, 0.15) is 17.4 Å². The van der Waals surface area contributed by atoms with Gasteiger partial charge in [-0.25, -0.2) is 0 Å². The molecule has 104 valence electrons. The molecule has 2 atom stereocenters. The smallest absolute Gasteiger partial charge is 0.311 e. The van der Waals surface area contributed by atoms with Crippen molar-refractivity contribution in [3.05, 3.63) is 24.0 Å². The van der Waals surface area contributed by atoms with Crippen LogP contribution in [0.15, 0.2) is 18.3 Å². The number of aliphatic carboxylic acids is 1. The SMILES string of the molecule is CCn1cccc1C(=O)N(C)C1COCC1C(=O)O. The summed E-state index contributed by atoms with van der Waals surface area (Å²) in [7, 11) is 1.63. The van der Waals surface area contributed by atoms with E-state index in [1.54, 1.807) is 13.1 Å². The number of hydrogen-bond donors (Lipinski definition) is 1. The lowest BCUT2D eigenvalue weighted by atomic mass is 10.0. The molecular formula is C13H18N2O4. The third-order valence-corrected chi connectivity index (χ3v) is 3.57. The van der Waals surface area contributed by atoms with Crippen molar-refractivity contribution in [3.8, 4) is 0 Å². The van der Waals surface area contributed by atoms with Crippen LogP contribution in [-0.4, -0.2) is 52.8 Å². The van der Waals surface area contributed by atoms with Crippen LogP contribution in [0.2, 0.25) is 0 Å². The number of nitrogens with zero attached hydrogens (tertiary/aromatic N) is 2. The number of aryl methyl sites for hydroxylation is 1. The Hall–Kier alpha value is -1.82. The highest BCUT2D eigenvalue weighted by Gasteiger charge is 2.39. The summed E-state index contributed by atoms with van der Waals surface area (Å²) in [5, 5.41) is 9.12. The summed E-state index contributed by atoms with van der Waals surface area (Å²) in [5.74, 6) is -1.75. The lowest BCUT2D eigenvalue weighted by Crippen LogP contribution is -2.44. The molecule has 1 fully saturated rings. The Kier molecular flexibility index (Phi) is 3.90. The lowest BCUT2D eigenvalue weighted by molar-refractivity contribution is -0.142. The lowest BCUT2D eigenvalue weighted by Gasteiger charge is -2.26. The van der Waals surface area contributed by atoms with E-state index in [2.05, 4.69) is 0 Å². The molecule has 1 aromatic rings. The number of carboxylic acids is 1. The molecule has 0 bridgehead atoms. The van der Waals surface area contributed by atoms with E-state index < -0.39 is 17.9 Å². The predicted octanol–water partition coefficient (Wildman–Crippen LogP) is 0.680. The molecule has 2 unspecified atom stereocenters. The molecule has 0 saturated carbocycles. The number of ether oxygens (including phenoxy) is 1. The molecule has 1 amide bonds. The van der Waals surface area contributed by atoms with Gasteiger partial charge in [0.2, 0.25) is 0 Å². The minimum absolute atomic E-state index is 0.159. The molecule has 1 aromatic heterocycles. The molecule has 0 spiro atoms. The molecule has 1 saturated heterocycles. The van der Waals surface area contributed by atoms with E-state index in [-0.39, 0.29) is 19.1 Å². The van der Waals surface area contributed by atoms with Crippen molar-refractivity contribution < 1.29 is 19.4 Å². The van der Waals surface area contributed by atoms with E-state index in [0.717, 1.165) is 0 Å². The Bertz CT molecular complexity index is 483. The predicted molar refractivity (Wildman–Crippen MR) is 67.9 cm³/mol. The zero-order valence-electron chi connectivity index (χ0n) is 11.1. The van der Waals surface area contributed by atoms with E-state index in [0.29, 0.717) is 12.2 Å². The van der Waals surface area contributed by atoms with Crippen molar-refractivity contribution in [1.82, 2.24) is 9.47 Å². The molecule has 2 rings (SSSR count). The Morgan fingerprint density at radius 3 is 2.89 bits per heavy atom. The second kappa shape index (κ2) is 5.44. The Morgan fingerprint density at radius 1 is 1.53 bits per heavy atom.